The molecule has 0 fully saturated rings. The average Bonchev–Trinajstić information content (AvgIpc) is 3.26. The summed E-state index contributed by atoms with van der Waals surface area (Å²) in [7, 11) is 1.84. The van der Waals surface area contributed by atoms with Crippen molar-refractivity contribution in [3.05, 3.63) is 72.8 Å². The molecule has 0 bridgehead atoms. The third-order valence-corrected chi connectivity index (χ3v) is 4.58. The van der Waals surface area contributed by atoms with Gasteiger partial charge in [-0.15, -0.1) is 0 Å². The largest absolute Gasteiger partial charge is 0.494 e. The van der Waals surface area contributed by atoms with Gasteiger partial charge in [-0.25, -0.2) is 9.67 Å². The van der Waals surface area contributed by atoms with Gasteiger partial charge in [-0.05, 0) is 43.2 Å². The van der Waals surface area contributed by atoms with Crippen molar-refractivity contribution in [3.63, 3.8) is 0 Å². The molecule has 2 aromatic carbocycles. The zero-order valence-electron chi connectivity index (χ0n) is 15.7. The number of hydrogen-bond donors (Lipinski definition) is 0. The minimum atomic E-state index is -0.00246. The maximum atomic E-state index is 12.5. The van der Waals surface area contributed by atoms with E-state index in [1.807, 2.05) is 68.6 Å². The standard InChI is InChI=1S/C21H24N4O2/c1-17(18-10-12-19(13-11-18)25-16-22-15-23-25)24(2)21(26)9-6-14-27-20-7-4-3-5-8-20/h3-5,7-8,10-13,15-17H,6,9,14H2,1-2H3/t17-/m0/s1. The molecule has 1 aromatic heterocycles. The van der Waals surface area contributed by atoms with Crippen LogP contribution in [0.5, 0.6) is 5.75 Å². The summed E-state index contributed by atoms with van der Waals surface area (Å²) >= 11 is 0. The van der Waals surface area contributed by atoms with Gasteiger partial charge in [-0.1, -0.05) is 30.3 Å². The van der Waals surface area contributed by atoms with Gasteiger partial charge in [-0.3, -0.25) is 4.79 Å². The highest BCUT2D eigenvalue weighted by molar-refractivity contribution is 5.76. The number of para-hydroxylation sites is 1. The third-order valence-electron chi connectivity index (χ3n) is 4.58. The topological polar surface area (TPSA) is 60.2 Å². The first-order valence-corrected chi connectivity index (χ1v) is 9.03. The van der Waals surface area contributed by atoms with E-state index in [9.17, 15) is 4.79 Å². The number of rotatable bonds is 8. The highest BCUT2D eigenvalue weighted by atomic mass is 16.5. The van der Waals surface area contributed by atoms with Gasteiger partial charge in [0.05, 0.1) is 18.3 Å². The highest BCUT2D eigenvalue weighted by Crippen LogP contribution is 2.21. The van der Waals surface area contributed by atoms with Crippen molar-refractivity contribution in [3.8, 4) is 11.4 Å². The van der Waals surface area contributed by atoms with Crippen LogP contribution in [0.15, 0.2) is 67.3 Å². The normalized spacial score (nSPS) is 11.8. The smallest absolute Gasteiger partial charge is 0.222 e. The van der Waals surface area contributed by atoms with Crippen LogP contribution in [0, 0.1) is 0 Å². The van der Waals surface area contributed by atoms with Crippen molar-refractivity contribution in [2.24, 2.45) is 0 Å². The molecule has 6 nitrogen and oxygen atoms in total. The summed E-state index contributed by atoms with van der Waals surface area (Å²) in [5.74, 6) is 0.943. The summed E-state index contributed by atoms with van der Waals surface area (Å²) in [6.07, 6.45) is 4.32. The maximum Gasteiger partial charge on any atom is 0.222 e. The van der Waals surface area contributed by atoms with Crippen LogP contribution in [0.4, 0.5) is 0 Å². The highest BCUT2D eigenvalue weighted by Gasteiger charge is 2.17. The molecule has 140 valence electrons. The molecule has 0 unspecified atom stereocenters. The number of nitrogens with zero attached hydrogens (tertiary/aromatic N) is 4. The van der Waals surface area contributed by atoms with Crippen LogP contribution in [-0.2, 0) is 4.79 Å². The lowest BCUT2D eigenvalue weighted by Gasteiger charge is -2.25. The van der Waals surface area contributed by atoms with E-state index < -0.39 is 0 Å². The van der Waals surface area contributed by atoms with Gasteiger partial charge in [0.1, 0.15) is 18.4 Å². The fourth-order valence-electron chi connectivity index (χ4n) is 2.79. The molecule has 1 atom stereocenters. The lowest BCUT2D eigenvalue weighted by Crippen LogP contribution is -2.29. The number of ether oxygens (including phenoxy) is 1. The van der Waals surface area contributed by atoms with Crippen LogP contribution in [-0.4, -0.2) is 39.2 Å². The Kier molecular flexibility index (Phi) is 6.20. The summed E-state index contributed by atoms with van der Waals surface area (Å²) in [5.41, 5.74) is 2.02. The summed E-state index contributed by atoms with van der Waals surface area (Å²) in [4.78, 5) is 18.2. The van der Waals surface area contributed by atoms with Gasteiger partial charge in [0.2, 0.25) is 5.91 Å². The number of carbonyl (C=O) groups is 1. The van der Waals surface area contributed by atoms with Crippen molar-refractivity contribution in [2.75, 3.05) is 13.7 Å². The zero-order valence-corrected chi connectivity index (χ0v) is 15.7. The molecular formula is C21H24N4O2. The van der Waals surface area contributed by atoms with E-state index in [2.05, 4.69) is 10.1 Å². The lowest BCUT2D eigenvalue weighted by atomic mass is 10.1. The fraction of sp³-hybridized carbons (Fsp3) is 0.286. The zero-order chi connectivity index (χ0) is 19.1. The van der Waals surface area contributed by atoms with E-state index in [1.165, 1.54) is 6.33 Å². The molecular weight excluding hydrogens is 340 g/mol. The molecule has 0 aliphatic rings. The van der Waals surface area contributed by atoms with Crippen molar-refractivity contribution in [1.82, 2.24) is 19.7 Å². The Hall–Kier alpha value is -3.15. The Bertz CT molecular complexity index is 832. The van der Waals surface area contributed by atoms with Gasteiger partial charge in [0, 0.05) is 13.5 Å². The molecule has 1 heterocycles. The monoisotopic (exact) mass is 364 g/mol. The summed E-state index contributed by atoms with van der Waals surface area (Å²) in [6, 6.07) is 17.6. The third kappa shape index (κ3) is 4.94. The minimum Gasteiger partial charge on any atom is -0.494 e. The van der Waals surface area contributed by atoms with Crippen molar-refractivity contribution in [2.45, 2.75) is 25.8 Å². The molecule has 3 aromatic rings. The van der Waals surface area contributed by atoms with Gasteiger partial charge in [0.15, 0.2) is 0 Å². The number of aromatic nitrogens is 3. The minimum absolute atomic E-state index is 0.00246. The Morgan fingerprint density at radius 3 is 2.56 bits per heavy atom. The predicted molar refractivity (Wildman–Crippen MR) is 104 cm³/mol. The number of hydrogen-bond acceptors (Lipinski definition) is 4. The van der Waals surface area contributed by atoms with Crippen LogP contribution >= 0.6 is 0 Å². The van der Waals surface area contributed by atoms with Gasteiger partial charge in [0.25, 0.3) is 0 Å². The summed E-state index contributed by atoms with van der Waals surface area (Å²) < 4.78 is 7.35. The molecule has 0 radical (unpaired) electrons. The predicted octanol–water partition coefficient (Wildman–Crippen LogP) is 3.65. The molecule has 3 rings (SSSR count). The van der Waals surface area contributed by atoms with Gasteiger partial charge in [-0.2, -0.15) is 5.10 Å². The van der Waals surface area contributed by atoms with Crippen LogP contribution in [0.1, 0.15) is 31.4 Å². The Balaban J connectivity index is 1.48. The van der Waals surface area contributed by atoms with Crippen molar-refractivity contribution >= 4 is 5.91 Å². The molecule has 0 aliphatic carbocycles. The molecule has 0 aliphatic heterocycles. The first kappa shape index (κ1) is 18.6. The van der Waals surface area contributed by atoms with E-state index >= 15 is 0 Å². The van der Waals surface area contributed by atoms with Crippen LogP contribution in [0.3, 0.4) is 0 Å². The van der Waals surface area contributed by atoms with Gasteiger partial charge < -0.3 is 9.64 Å². The second-order valence-electron chi connectivity index (χ2n) is 6.38. The molecule has 0 N–H and O–H groups in total. The van der Waals surface area contributed by atoms with E-state index in [1.54, 1.807) is 15.9 Å². The molecule has 0 spiro atoms. The maximum absolute atomic E-state index is 12.5. The van der Waals surface area contributed by atoms with Crippen LogP contribution < -0.4 is 4.74 Å². The molecule has 0 saturated heterocycles. The average molecular weight is 364 g/mol. The summed E-state index contributed by atoms with van der Waals surface area (Å²) in [5, 5.41) is 4.12. The number of amides is 1. The lowest BCUT2D eigenvalue weighted by molar-refractivity contribution is -0.132. The summed E-state index contributed by atoms with van der Waals surface area (Å²) in [6.45, 7) is 2.56. The Labute approximate surface area is 159 Å². The quantitative estimate of drug-likeness (QED) is 0.573. The Morgan fingerprint density at radius 2 is 1.89 bits per heavy atom. The van der Waals surface area contributed by atoms with Gasteiger partial charge >= 0.3 is 0 Å². The number of carbonyl (C=O) groups excluding carboxylic acids is 1. The van der Waals surface area contributed by atoms with E-state index in [0.29, 0.717) is 19.4 Å². The molecule has 27 heavy (non-hydrogen) atoms. The number of benzene rings is 2. The Morgan fingerprint density at radius 1 is 1.15 bits per heavy atom. The molecule has 0 saturated carbocycles. The SMILES string of the molecule is C[C@@H](c1ccc(-n2cncn2)cc1)N(C)C(=O)CCCOc1ccccc1. The second-order valence-corrected chi connectivity index (χ2v) is 6.38. The van der Waals surface area contributed by atoms with E-state index in [0.717, 1.165) is 17.0 Å². The van der Waals surface area contributed by atoms with Crippen molar-refractivity contribution < 1.29 is 9.53 Å². The first-order valence-electron chi connectivity index (χ1n) is 9.03. The van der Waals surface area contributed by atoms with Crippen LogP contribution in [0.2, 0.25) is 0 Å². The molecule has 1 amide bonds. The second kappa shape index (κ2) is 8.98. The van der Waals surface area contributed by atoms with Crippen molar-refractivity contribution in [1.29, 1.82) is 0 Å². The first-order chi connectivity index (χ1) is 13.1. The fourth-order valence-corrected chi connectivity index (χ4v) is 2.79. The van der Waals surface area contributed by atoms with E-state index in [4.69, 9.17) is 4.74 Å². The van der Waals surface area contributed by atoms with E-state index in [-0.39, 0.29) is 11.9 Å². The van der Waals surface area contributed by atoms with Crippen LogP contribution in [0.25, 0.3) is 5.69 Å². The molecule has 6 heteroatoms.